The average molecular weight is 612 g/mol. The Balaban J connectivity index is 0.000000440. The molecule has 1 amide bonds. The van der Waals surface area contributed by atoms with Gasteiger partial charge in [0.05, 0.1) is 24.9 Å². The van der Waals surface area contributed by atoms with Gasteiger partial charge in [0.1, 0.15) is 23.9 Å². The van der Waals surface area contributed by atoms with Gasteiger partial charge in [0.25, 0.3) is 0 Å². The summed E-state index contributed by atoms with van der Waals surface area (Å²) in [4.78, 5) is 22.5. The van der Waals surface area contributed by atoms with Crippen molar-refractivity contribution in [3.63, 3.8) is 0 Å². The third kappa shape index (κ3) is 19.4. The van der Waals surface area contributed by atoms with E-state index in [0.29, 0.717) is 31.4 Å². The number of hydrogen-bond acceptors (Lipinski definition) is 7. The molecule has 0 aliphatic heterocycles. The molecule has 0 radical (unpaired) electrons. The van der Waals surface area contributed by atoms with Crippen LogP contribution in [-0.2, 0) is 19.0 Å². The van der Waals surface area contributed by atoms with Crippen LogP contribution in [0.4, 0.5) is 4.79 Å². The van der Waals surface area contributed by atoms with Gasteiger partial charge >= 0.3 is 12.1 Å². The molecule has 0 fully saturated rings. The van der Waals surface area contributed by atoms with E-state index < -0.39 is 6.09 Å². The Morgan fingerprint density at radius 1 is 0.955 bits per heavy atom. The fourth-order valence-corrected chi connectivity index (χ4v) is 3.82. The van der Waals surface area contributed by atoms with Crippen LogP contribution >= 0.6 is 0 Å². The van der Waals surface area contributed by atoms with E-state index in [1.807, 2.05) is 81.4 Å². The van der Waals surface area contributed by atoms with E-state index in [-0.39, 0.29) is 17.7 Å². The molecule has 1 N–H and O–H groups in total. The van der Waals surface area contributed by atoms with Gasteiger partial charge in [-0.15, -0.1) is 0 Å². The highest BCUT2D eigenvalue weighted by Gasteiger charge is 2.15. The molecule has 0 aliphatic rings. The van der Waals surface area contributed by atoms with Crippen LogP contribution in [0.3, 0.4) is 0 Å². The Hall–Kier alpha value is -3.78. The molecule has 244 valence electrons. The molecule has 0 heterocycles. The third-order valence-electron chi connectivity index (χ3n) is 6.36. The lowest BCUT2D eigenvalue weighted by atomic mass is 9.95. The zero-order valence-electron chi connectivity index (χ0n) is 27.9. The first-order valence-electron chi connectivity index (χ1n) is 15.4. The summed E-state index contributed by atoms with van der Waals surface area (Å²) >= 11 is 0. The van der Waals surface area contributed by atoms with Crippen LogP contribution in [0.1, 0.15) is 74.1 Å². The van der Waals surface area contributed by atoms with Crippen LogP contribution in [-0.4, -0.2) is 50.6 Å². The van der Waals surface area contributed by atoms with Crippen LogP contribution in [0.2, 0.25) is 0 Å². The number of hydrogen-bond donors (Lipinski definition) is 1. The Bertz CT molecular complexity index is 1120. The van der Waals surface area contributed by atoms with E-state index in [2.05, 4.69) is 32.2 Å². The quantitative estimate of drug-likeness (QED) is 0.0828. The summed E-state index contributed by atoms with van der Waals surface area (Å²) in [6, 6.07) is 16.9. The molecule has 2 aromatic rings. The number of allylic oxidation sites excluding steroid dienone is 3. The highest BCUT2D eigenvalue weighted by atomic mass is 16.5. The molecule has 0 saturated heterocycles. The van der Waals surface area contributed by atoms with Gasteiger partial charge in [0, 0.05) is 13.2 Å². The predicted octanol–water partition coefficient (Wildman–Crippen LogP) is 8.67. The van der Waals surface area contributed by atoms with Gasteiger partial charge in [-0.3, -0.25) is 0 Å². The number of nitrogens with one attached hydrogen (secondary N) is 1. The molecule has 0 aliphatic carbocycles. The number of benzene rings is 2. The number of carbonyl (C=O) groups is 2. The van der Waals surface area contributed by atoms with Crippen molar-refractivity contribution in [1.29, 1.82) is 0 Å². The average Bonchev–Trinajstić information content (AvgIpc) is 2.96. The highest BCUT2D eigenvalue weighted by Crippen LogP contribution is 2.23. The minimum absolute atomic E-state index is 0.0222. The first-order chi connectivity index (χ1) is 20.9. The maximum absolute atomic E-state index is 11.5. The lowest BCUT2D eigenvalue weighted by Crippen LogP contribution is -2.28. The fraction of sp³-hybridized carbons (Fsp3) is 0.500. The van der Waals surface area contributed by atoms with E-state index in [4.69, 9.17) is 23.7 Å². The predicted molar refractivity (Wildman–Crippen MR) is 176 cm³/mol. The number of para-hydroxylation sites is 1. The van der Waals surface area contributed by atoms with Crippen LogP contribution < -0.4 is 14.8 Å². The van der Waals surface area contributed by atoms with E-state index in [1.54, 1.807) is 20.1 Å². The molecule has 1 unspecified atom stereocenters. The van der Waals surface area contributed by atoms with Crippen molar-refractivity contribution in [1.82, 2.24) is 5.32 Å². The maximum Gasteiger partial charge on any atom is 0.407 e. The van der Waals surface area contributed by atoms with Crippen LogP contribution in [0.25, 0.3) is 0 Å². The molecule has 0 aromatic heterocycles. The molecule has 8 nitrogen and oxygen atoms in total. The summed E-state index contributed by atoms with van der Waals surface area (Å²) in [6.45, 7) is 15.0. The highest BCUT2D eigenvalue weighted by molar-refractivity contribution is 5.83. The van der Waals surface area contributed by atoms with Crippen LogP contribution in [0.15, 0.2) is 78.4 Å². The lowest BCUT2D eigenvalue weighted by Gasteiger charge is -2.23. The Labute approximate surface area is 264 Å². The number of carbonyl (C=O) groups excluding carboxylic acids is 2. The maximum atomic E-state index is 11.5. The molecule has 2 aromatic carbocycles. The molecule has 44 heavy (non-hydrogen) atoms. The Morgan fingerprint density at radius 3 is 2.20 bits per heavy atom. The minimum Gasteiger partial charge on any atom is -0.492 e. The van der Waals surface area contributed by atoms with Gasteiger partial charge in [-0.25, -0.2) is 9.59 Å². The zero-order chi connectivity index (χ0) is 32.8. The largest absolute Gasteiger partial charge is 0.492 e. The second kappa shape index (κ2) is 21.8. The molecule has 0 bridgehead atoms. The van der Waals surface area contributed by atoms with E-state index in [0.717, 1.165) is 29.9 Å². The standard InChI is InChI=1S/C19H34O3.C17H19NO4/c1-15(2)22-18(20)14-17(4)11-8-10-16(3)12-9-13-19(5,6)21-7;1-2-20-17(19)18-12-13-21-14-8-10-16(11-9-14)22-15-6-4-3-5-7-15/h8,11,14-16H,9-10,12-13H2,1-7H3;3-11H,2,12-13H2,1H3,(H,18,19)/b11-8+,17-14+;. The number of rotatable bonds is 17. The topological polar surface area (TPSA) is 92.3 Å². The molecule has 8 heteroatoms. The van der Waals surface area contributed by atoms with Crippen molar-refractivity contribution in [3.8, 4) is 17.2 Å². The smallest absolute Gasteiger partial charge is 0.407 e. The van der Waals surface area contributed by atoms with Crippen molar-refractivity contribution in [3.05, 3.63) is 78.4 Å². The molecular formula is C36H53NO7. The van der Waals surface area contributed by atoms with Crippen molar-refractivity contribution < 1.29 is 33.3 Å². The SMILES string of the molecule is CCOC(=O)NCCOc1ccc(Oc2ccccc2)cc1.COC(C)(C)CCCC(C)C/C=C/C(C)=C/C(=O)OC(C)C. The van der Waals surface area contributed by atoms with Crippen LogP contribution in [0.5, 0.6) is 17.2 Å². The summed E-state index contributed by atoms with van der Waals surface area (Å²) in [6.07, 6.45) is 9.64. The fourth-order valence-electron chi connectivity index (χ4n) is 3.82. The summed E-state index contributed by atoms with van der Waals surface area (Å²) in [5, 5.41) is 2.59. The second-order valence-electron chi connectivity index (χ2n) is 11.4. The third-order valence-corrected chi connectivity index (χ3v) is 6.36. The monoisotopic (exact) mass is 611 g/mol. The molecular weight excluding hydrogens is 558 g/mol. The summed E-state index contributed by atoms with van der Waals surface area (Å²) in [5.74, 6) is 2.61. The van der Waals surface area contributed by atoms with Gasteiger partial charge in [-0.05, 0) is 102 Å². The van der Waals surface area contributed by atoms with Crippen molar-refractivity contribution in [2.24, 2.45) is 5.92 Å². The zero-order valence-corrected chi connectivity index (χ0v) is 27.9. The Kier molecular flexibility index (Phi) is 19.0. The minimum atomic E-state index is -0.433. The second-order valence-corrected chi connectivity index (χ2v) is 11.4. The van der Waals surface area contributed by atoms with Gasteiger partial charge in [-0.2, -0.15) is 0 Å². The van der Waals surface area contributed by atoms with Crippen LogP contribution in [0, 0.1) is 5.92 Å². The summed E-state index contributed by atoms with van der Waals surface area (Å²) in [7, 11) is 1.77. The lowest BCUT2D eigenvalue weighted by molar-refractivity contribution is -0.141. The van der Waals surface area contributed by atoms with Gasteiger partial charge < -0.3 is 29.0 Å². The van der Waals surface area contributed by atoms with Gasteiger partial charge in [0.15, 0.2) is 0 Å². The van der Waals surface area contributed by atoms with Crippen molar-refractivity contribution >= 4 is 12.1 Å². The molecule has 1 atom stereocenters. The van der Waals surface area contributed by atoms with Crippen molar-refractivity contribution in [2.75, 3.05) is 26.9 Å². The van der Waals surface area contributed by atoms with E-state index in [1.165, 1.54) is 12.8 Å². The first kappa shape index (κ1) is 38.2. The number of ether oxygens (including phenoxy) is 5. The van der Waals surface area contributed by atoms with E-state index >= 15 is 0 Å². The van der Waals surface area contributed by atoms with Gasteiger partial charge in [-0.1, -0.05) is 50.1 Å². The normalized spacial score (nSPS) is 12.2. The first-order valence-corrected chi connectivity index (χ1v) is 15.4. The van der Waals surface area contributed by atoms with Gasteiger partial charge in [0.2, 0.25) is 0 Å². The Morgan fingerprint density at radius 2 is 1.59 bits per heavy atom. The number of methoxy groups -OCH3 is 1. The molecule has 0 spiro atoms. The number of amides is 1. The molecule has 2 rings (SSSR count). The van der Waals surface area contributed by atoms with Crippen molar-refractivity contribution in [2.45, 2.75) is 85.9 Å². The van der Waals surface area contributed by atoms with E-state index in [9.17, 15) is 9.59 Å². The number of esters is 1. The summed E-state index contributed by atoms with van der Waals surface area (Å²) < 4.78 is 26.5. The molecule has 0 saturated carbocycles. The number of alkyl carbamates (subject to hydrolysis) is 1. The summed E-state index contributed by atoms with van der Waals surface area (Å²) in [5.41, 5.74) is 0.907.